The van der Waals surface area contributed by atoms with Gasteiger partial charge in [0.05, 0.1) is 29.8 Å². The van der Waals surface area contributed by atoms with Crippen LogP contribution >= 0.6 is 0 Å². The maximum absolute atomic E-state index is 12.7. The molecule has 0 bridgehead atoms. The van der Waals surface area contributed by atoms with Gasteiger partial charge in [-0.2, -0.15) is 10.5 Å². The van der Waals surface area contributed by atoms with Gasteiger partial charge in [0.15, 0.2) is 0 Å². The van der Waals surface area contributed by atoms with Crippen LogP contribution in [0.3, 0.4) is 0 Å². The number of amides is 1. The Labute approximate surface area is 204 Å². The fourth-order valence-electron chi connectivity index (χ4n) is 4.22. The molecular weight excluding hydrogens is 452 g/mol. The third-order valence-corrected chi connectivity index (χ3v) is 5.94. The standard InChI is InChI=1S/C20H26N6O.C4H4O4/c21-11-16-6-7-18(23-13-16)24-15-20(8-2-1-3-9-20)25-19(27)14-26-10-4-5-17(26)12-22;5-3(6)1-2-4(7)8/h6-7,13,17H,1-5,8-10,14-15H2,(H,23,24)(H,25,27);1-2H,(H,5,6)(H,7,8)/b;2-1+/t17-;/m0./s1. The summed E-state index contributed by atoms with van der Waals surface area (Å²) in [5.41, 5.74) is 0.242. The van der Waals surface area contributed by atoms with Gasteiger partial charge in [-0.1, -0.05) is 19.3 Å². The number of nitrogens with zero attached hydrogens (tertiary/aromatic N) is 4. The number of hydrogen-bond donors (Lipinski definition) is 4. The van der Waals surface area contributed by atoms with E-state index < -0.39 is 11.9 Å². The molecule has 3 rings (SSSR count). The van der Waals surface area contributed by atoms with Crippen molar-refractivity contribution in [2.24, 2.45) is 0 Å². The second-order valence-electron chi connectivity index (χ2n) is 8.55. The average molecular weight is 483 g/mol. The van der Waals surface area contributed by atoms with Crippen LogP contribution in [0.25, 0.3) is 0 Å². The lowest BCUT2D eigenvalue weighted by Crippen LogP contribution is -2.56. The number of carboxylic acids is 2. The van der Waals surface area contributed by atoms with E-state index in [-0.39, 0.29) is 24.0 Å². The fraction of sp³-hybridized carbons (Fsp3) is 0.500. The van der Waals surface area contributed by atoms with Crippen molar-refractivity contribution in [3.63, 3.8) is 0 Å². The second-order valence-corrected chi connectivity index (χ2v) is 8.55. The molecule has 0 spiro atoms. The topological polar surface area (TPSA) is 179 Å². The molecule has 1 aliphatic heterocycles. The number of carbonyl (C=O) groups excluding carboxylic acids is 1. The number of carbonyl (C=O) groups is 3. The van der Waals surface area contributed by atoms with E-state index in [9.17, 15) is 19.6 Å². The first kappa shape index (κ1) is 27.3. The smallest absolute Gasteiger partial charge is 0.328 e. The van der Waals surface area contributed by atoms with Crippen LogP contribution in [0.4, 0.5) is 5.82 Å². The highest BCUT2D eigenvalue weighted by molar-refractivity contribution is 5.89. The highest BCUT2D eigenvalue weighted by Gasteiger charge is 2.35. The molecule has 4 N–H and O–H groups in total. The Hall–Kier alpha value is -3.96. The first-order valence-corrected chi connectivity index (χ1v) is 11.5. The summed E-state index contributed by atoms with van der Waals surface area (Å²) in [6.45, 7) is 1.71. The lowest BCUT2D eigenvalue weighted by atomic mass is 9.81. The normalized spacial score (nSPS) is 19.0. The van der Waals surface area contributed by atoms with Crippen molar-refractivity contribution in [1.29, 1.82) is 10.5 Å². The van der Waals surface area contributed by atoms with E-state index in [4.69, 9.17) is 15.5 Å². The molecule has 0 unspecified atom stereocenters. The van der Waals surface area contributed by atoms with Crippen LogP contribution in [0.5, 0.6) is 0 Å². The van der Waals surface area contributed by atoms with E-state index in [1.807, 2.05) is 4.90 Å². The molecule has 1 saturated heterocycles. The number of anilines is 1. The van der Waals surface area contributed by atoms with Gasteiger partial charge in [0.25, 0.3) is 0 Å². The SMILES string of the molecule is N#Cc1ccc(NCC2(NC(=O)CN3CCC[C@H]3C#N)CCCCC2)nc1.O=C(O)/C=C/C(=O)O. The van der Waals surface area contributed by atoms with Crippen LogP contribution in [-0.2, 0) is 14.4 Å². The van der Waals surface area contributed by atoms with E-state index in [1.165, 1.54) is 6.42 Å². The van der Waals surface area contributed by atoms with E-state index >= 15 is 0 Å². The minimum Gasteiger partial charge on any atom is -0.478 e. The summed E-state index contributed by atoms with van der Waals surface area (Å²) >= 11 is 0. The maximum Gasteiger partial charge on any atom is 0.328 e. The molecule has 2 heterocycles. The molecule has 1 amide bonds. The summed E-state index contributed by atoms with van der Waals surface area (Å²) in [7, 11) is 0. The van der Waals surface area contributed by atoms with Crippen LogP contribution in [0, 0.1) is 22.7 Å². The lowest BCUT2D eigenvalue weighted by Gasteiger charge is -2.39. The number of nitriles is 2. The molecule has 1 aromatic rings. The van der Waals surface area contributed by atoms with E-state index in [0.717, 1.165) is 45.1 Å². The number of carboxylic acid groups (broad SMARTS) is 2. The highest BCUT2D eigenvalue weighted by Crippen LogP contribution is 2.29. The molecule has 11 heteroatoms. The number of hydrogen-bond acceptors (Lipinski definition) is 8. The molecule has 0 aromatic carbocycles. The Bertz CT molecular complexity index is 973. The van der Waals surface area contributed by atoms with Gasteiger partial charge in [-0.15, -0.1) is 0 Å². The minimum atomic E-state index is -1.26. The Morgan fingerprint density at radius 1 is 1.11 bits per heavy atom. The van der Waals surface area contributed by atoms with Crippen molar-refractivity contribution in [2.75, 3.05) is 25.0 Å². The van der Waals surface area contributed by atoms with Gasteiger partial charge in [-0.25, -0.2) is 14.6 Å². The minimum absolute atomic E-state index is 0.00589. The van der Waals surface area contributed by atoms with Crippen molar-refractivity contribution < 1.29 is 24.6 Å². The number of rotatable bonds is 8. The average Bonchev–Trinajstić information content (AvgIpc) is 3.29. The number of nitrogens with one attached hydrogen (secondary N) is 2. The van der Waals surface area contributed by atoms with Gasteiger partial charge < -0.3 is 20.8 Å². The first-order chi connectivity index (χ1) is 16.8. The summed E-state index contributed by atoms with van der Waals surface area (Å²) < 4.78 is 0. The van der Waals surface area contributed by atoms with Crippen molar-refractivity contribution in [3.05, 3.63) is 36.0 Å². The van der Waals surface area contributed by atoms with Crippen molar-refractivity contribution in [3.8, 4) is 12.1 Å². The Balaban J connectivity index is 0.000000466. The summed E-state index contributed by atoms with van der Waals surface area (Å²) in [6.07, 6.45) is 9.72. The predicted molar refractivity (Wildman–Crippen MR) is 126 cm³/mol. The number of aromatic nitrogens is 1. The zero-order valence-corrected chi connectivity index (χ0v) is 19.4. The van der Waals surface area contributed by atoms with Gasteiger partial charge in [0, 0.05) is 31.4 Å². The number of aliphatic carboxylic acids is 2. The second kappa shape index (κ2) is 13.7. The third-order valence-electron chi connectivity index (χ3n) is 5.94. The van der Waals surface area contributed by atoms with Gasteiger partial charge in [-0.05, 0) is 37.8 Å². The zero-order chi connectivity index (χ0) is 25.7. The van der Waals surface area contributed by atoms with Crippen molar-refractivity contribution >= 4 is 23.7 Å². The van der Waals surface area contributed by atoms with Gasteiger partial charge in [0.2, 0.25) is 5.91 Å². The Kier molecular flexibility index (Phi) is 10.7. The quantitative estimate of drug-likeness (QED) is 0.400. The highest BCUT2D eigenvalue weighted by atomic mass is 16.4. The van der Waals surface area contributed by atoms with Crippen LogP contribution in [0.2, 0.25) is 0 Å². The van der Waals surface area contributed by atoms with Crippen LogP contribution in [-0.4, -0.2) is 69.2 Å². The molecule has 11 nitrogen and oxygen atoms in total. The fourth-order valence-corrected chi connectivity index (χ4v) is 4.22. The molecule has 2 fully saturated rings. The van der Waals surface area contributed by atoms with Crippen LogP contribution in [0.15, 0.2) is 30.5 Å². The molecule has 1 atom stereocenters. The first-order valence-electron chi connectivity index (χ1n) is 11.5. The number of likely N-dealkylation sites (tertiary alicyclic amines) is 1. The molecule has 2 aliphatic rings. The summed E-state index contributed by atoms with van der Waals surface area (Å²) in [4.78, 5) is 38.0. The Morgan fingerprint density at radius 3 is 2.34 bits per heavy atom. The predicted octanol–water partition coefficient (Wildman–Crippen LogP) is 1.88. The monoisotopic (exact) mass is 482 g/mol. The molecule has 186 valence electrons. The third kappa shape index (κ3) is 9.43. The molecule has 35 heavy (non-hydrogen) atoms. The maximum atomic E-state index is 12.7. The van der Waals surface area contributed by atoms with Crippen LogP contribution < -0.4 is 10.6 Å². The van der Waals surface area contributed by atoms with Crippen molar-refractivity contribution in [1.82, 2.24) is 15.2 Å². The summed E-state index contributed by atoms with van der Waals surface area (Å²) in [5.74, 6) is -1.81. The van der Waals surface area contributed by atoms with Gasteiger partial charge in [0.1, 0.15) is 11.9 Å². The molecule has 1 aliphatic carbocycles. The van der Waals surface area contributed by atoms with E-state index in [2.05, 4.69) is 27.8 Å². The van der Waals surface area contributed by atoms with Crippen LogP contribution in [0.1, 0.15) is 50.5 Å². The van der Waals surface area contributed by atoms with Crippen molar-refractivity contribution in [2.45, 2.75) is 56.5 Å². The van der Waals surface area contributed by atoms with E-state index in [0.29, 0.717) is 30.1 Å². The molecule has 0 radical (unpaired) electrons. The van der Waals surface area contributed by atoms with Gasteiger partial charge in [-0.3, -0.25) is 9.69 Å². The Morgan fingerprint density at radius 2 is 1.80 bits per heavy atom. The summed E-state index contributed by atoms with van der Waals surface area (Å²) in [5, 5.41) is 40.3. The summed E-state index contributed by atoms with van der Waals surface area (Å²) in [6, 6.07) is 7.74. The number of pyridine rings is 1. The molecule has 1 aromatic heterocycles. The van der Waals surface area contributed by atoms with E-state index in [1.54, 1.807) is 18.3 Å². The largest absolute Gasteiger partial charge is 0.478 e. The lowest BCUT2D eigenvalue weighted by molar-refractivity contribution is -0.134. The van der Waals surface area contributed by atoms with Gasteiger partial charge >= 0.3 is 11.9 Å². The zero-order valence-electron chi connectivity index (χ0n) is 19.4. The molecule has 1 saturated carbocycles. The molecular formula is C24H30N6O5.